The number of hydrogen-bond donors (Lipinski definition) is 2. The molecule has 0 saturated heterocycles. The maximum atomic E-state index is 12.1. The lowest BCUT2D eigenvalue weighted by atomic mass is 9.84. The Kier molecular flexibility index (Phi) is 4.75. The van der Waals surface area contributed by atoms with Gasteiger partial charge < -0.3 is 10.3 Å². The monoisotopic (exact) mass is 318 g/mol. The van der Waals surface area contributed by atoms with E-state index >= 15 is 0 Å². The van der Waals surface area contributed by atoms with Crippen LogP contribution in [0.2, 0.25) is 0 Å². The summed E-state index contributed by atoms with van der Waals surface area (Å²) >= 11 is 0. The topological polar surface area (TPSA) is 79.0 Å². The summed E-state index contributed by atoms with van der Waals surface area (Å²) in [4.78, 5) is 14.6. The van der Waals surface area contributed by atoms with Crippen LogP contribution < -0.4 is 5.32 Å². The summed E-state index contributed by atoms with van der Waals surface area (Å²) in [5.74, 6) is 0.384. The van der Waals surface area contributed by atoms with Gasteiger partial charge in [0.05, 0.1) is 0 Å². The zero-order chi connectivity index (χ0) is 14.8. The van der Waals surface area contributed by atoms with Gasteiger partial charge in [0.1, 0.15) is 10.6 Å². The lowest BCUT2D eigenvalue weighted by Crippen LogP contribution is -2.38. The predicted molar refractivity (Wildman–Crippen MR) is 77.3 cm³/mol. The van der Waals surface area contributed by atoms with Crippen molar-refractivity contribution in [2.75, 3.05) is 0 Å². The average molecular weight is 319 g/mol. The number of aromatic amines is 1. The van der Waals surface area contributed by atoms with Gasteiger partial charge in [-0.05, 0) is 24.8 Å². The molecule has 1 aromatic rings. The van der Waals surface area contributed by atoms with Crippen LogP contribution in [0.3, 0.4) is 0 Å². The second kappa shape index (κ2) is 6.18. The van der Waals surface area contributed by atoms with E-state index in [9.17, 15) is 13.2 Å². The van der Waals surface area contributed by atoms with E-state index in [0.717, 1.165) is 25.7 Å². The highest BCUT2D eigenvalue weighted by atomic mass is 35.7. The molecule has 1 aliphatic rings. The maximum Gasteiger partial charge on any atom is 0.267 e. The van der Waals surface area contributed by atoms with E-state index < -0.39 is 9.05 Å². The Bertz CT molecular complexity index is 582. The molecule has 1 amide bonds. The first kappa shape index (κ1) is 15.4. The van der Waals surface area contributed by atoms with Crippen LogP contribution in [0.25, 0.3) is 0 Å². The number of amides is 1. The average Bonchev–Trinajstić information content (AvgIpc) is 2.88. The fourth-order valence-electron chi connectivity index (χ4n) is 2.70. The second-order valence-corrected chi connectivity index (χ2v) is 7.86. The molecule has 1 aliphatic carbocycles. The number of carbonyl (C=O) groups is 1. The molecule has 0 aliphatic heterocycles. The third-order valence-electron chi connectivity index (χ3n) is 3.88. The number of rotatable bonds is 4. The Hall–Kier alpha value is -1.01. The minimum atomic E-state index is -3.80. The van der Waals surface area contributed by atoms with Gasteiger partial charge in [-0.3, -0.25) is 4.79 Å². The summed E-state index contributed by atoms with van der Waals surface area (Å²) in [6, 6.07) is 1.43. The van der Waals surface area contributed by atoms with Crippen molar-refractivity contribution >= 4 is 25.6 Å². The van der Waals surface area contributed by atoms with E-state index in [2.05, 4.69) is 17.2 Å². The van der Waals surface area contributed by atoms with Gasteiger partial charge in [-0.2, -0.15) is 0 Å². The van der Waals surface area contributed by atoms with Gasteiger partial charge in [0.25, 0.3) is 15.0 Å². The normalized spacial score (nSPS) is 23.5. The van der Waals surface area contributed by atoms with Crippen LogP contribution in [0, 0.1) is 5.92 Å². The number of hydrogen-bond acceptors (Lipinski definition) is 3. The summed E-state index contributed by atoms with van der Waals surface area (Å²) in [5.41, 5.74) is 0.225. The standard InChI is InChI=1S/C13H19ClN2O3S/c1-2-9-4-3-5-10(6-9)16-13(17)12-7-11(8-15-12)20(14,18)19/h7-10,15H,2-6H2,1H3,(H,16,17). The van der Waals surface area contributed by atoms with Crippen molar-refractivity contribution in [3.8, 4) is 0 Å². The van der Waals surface area contributed by atoms with Crippen LogP contribution in [0.1, 0.15) is 49.5 Å². The van der Waals surface area contributed by atoms with Gasteiger partial charge in [-0.15, -0.1) is 0 Å². The van der Waals surface area contributed by atoms with Crippen molar-refractivity contribution in [2.45, 2.75) is 50.0 Å². The van der Waals surface area contributed by atoms with E-state index in [1.165, 1.54) is 18.7 Å². The Morgan fingerprint density at radius 1 is 1.50 bits per heavy atom. The predicted octanol–water partition coefficient (Wildman–Crippen LogP) is 2.64. The zero-order valence-electron chi connectivity index (χ0n) is 11.4. The summed E-state index contributed by atoms with van der Waals surface area (Å²) in [6.07, 6.45) is 6.67. The van der Waals surface area contributed by atoms with Crippen LogP contribution in [0.4, 0.5) is 0 Å². The lowest BCUT2D eigenvalue weighted by Gasteiger charge is -2.28. The maximum absolute atomic E-state index is 12.1. The molecule has 1 aromatic heterocycles. The Balaban J connectivity index is 2.00. The van der Waals surface area contributed by atoms with Gasteiger partial charge in [0.2, 0.25) is 0 Å². The molecule has 1 heterocycles. The van der Waals surface area contributed by atoms with Crippen LogP contribution in [0.15, 0.2) is 17.2 Å². The number of carbonyl (C=O) groups excluding carboxylic acids is 1. The molecule has 2 unspecified atom stereocenters. The van der Waals surface area contributed by atoms with Crippen LogP contribution in [-0.2, 0) is 9.05 Å². The highest BCUT2D eigenvalue weighted by Gasteiger charge is 2.23. The SMILES string of the molecule is CCC1CCCC(NC(=O)c2cc(S(=O)(=O)Cl)c[nH]2)C1. The summed E-state index contributed by atoms with van der Waals surface area (Å²) in [5, 5.41) is 2.96. The molecule has 2 N–H and O–H groups in total. The summed E-state index contributed by atoms with van der Waals surface area (Å²) < 4.78 is 22.3. The van der Waals surface area contributed by atoms with E-state index in [0.29, 0.717) is 5.92 Å². The molecule has 112 valence electrons. The molecule has 20 heavy (non-hydrogen) atoms. The molecule has 0 radical (unpaired) electrons. The molecule has 2 rings (SSSR count). The van der Waals surface area contributed by atoms with Crippen LogP contribution in [0.5, 0.6) is 0 Å². The third-order valence-corrected chi connectivity index (χ3v) is 5.21. The van der Waals surface area contributed by atoms with Crippen molar-refractivity contribution in [3.05, 3.63) is 18.0 Å². The molecule has 0 aromatic carbocycles. The molecule has 2 atom stereocenters. The van der Waals surface area contributed by atoms with Crippen molar-refractivity contribution < 1.29 is 13.2 Å². The molecular formula is C13H19ClN2O3S. The van der Waals surface area contributed by atoms with Crippen molar-refractivity contribution in [2.24, 2.45) is 5.92 Å². The highest BCUT2D eigenvalue weighted by molar-refractivity contribution is 8.13. The minimum absolute atomic E-state index is 0.0839. The van der Waals surface area contributed by atoms with Crippen LogP contribution in [-0.4, -0.2) is 25.4 Å². The zero-order valence-corrected chi connectivity index (χ0v) is 12.9. The van der Waals surface area contributed by atoms with Gasteiger partial charge in [0, 0.05) is 22.9 Å². The van der Waals surface area contributed by atoms with Gasteiger partial charge in [-0.1, -0.05) is 26.2 Å². The second-order valence-electron chi connectivity index (χ2n) is 5.30. The summed E-state index contributed by atoms with van der Waals surface area (Å²) in [7, 11) is 1.43. The number of nitrogens with one attached hydrogen (secondary N) is 2. The largest absolute Gasteiger partial charge is 0.356 e. The Morgan fingerprint density at radius 2 is 2.25 bits per heavy atom. The fraction of sp³-hybridized carbons (Fsp3) is 0.615. The van der Waals surface area contributed by atoms with E-state index in [4.69, 9.17) is 10.7 Å². The first-order valence-electron chi connectivity index (χ1n) is 6.84. The first-order chi connectivity index (χ1) is 9.40. The van der Waals surface area contributed by atoms with E-state index in [-0.39, 0.29) is 22.5 Å². The molecule has 7 heteroatoms. The number of H-pyrrole nitrogens is 1. The van der Waals surface area contributed by atoms with E-state index in [1.807, 2.05) is 0 Å². The first-order valence-corrected chi connectivity index (χ1v) is 9.15. The fourth-order valence-corrected chi connectivity index (χ4v) is 3.43. The minimum Gasteiger partial charge on any atom is -0.356 e. The van der Waals surface area contributed by atoms with Gasteiger partial charge in [0.15, 0.2) is 0 Å². The molecule has 1 fully saturated rings. The van der Waals surface area contributed by atoms with Crippen molar-refractivity contribution in [1.82, 2.24) is 10.3 Å². The molecule has 1 saturated carbocycles. The molecule has 0 spiro atoms. The Morgan fingerprint density at radius 3 is 2.85 bits per heavy atom. The van der Waals surface area contributed by atoms with E-state index in [1.54, 1.807) is 0 Å². The molecule has 0 bridgehead atoms. The summed E-state index contributed by atoms with van der Waals surface area (Å²) in [6.45, 7) is 2.16. The number of aromatic nitrogens is 1. The van der Waals surface area contributed by atoms with Gasteiger partial charge in [-0.25, -0.2) is 8.42 Å². The number of halogens is 1. The highest BCUT2D eigenvalue weighted by Crippen LogP contribution is 2.26. The van der Waals surface area contributed by atoms with Gasteiger partial charge >= 0.3 is 0 Å². The van der Waals surface area contributed by atoms with Crippen molar-refractivity contribution in [3.63, 3.8) is 0 Å². The van der Waals surface area contributed by atoms with Crippen LogP contribution >= 0.6 is 10.7 Å². The quantitative estimate of drug-likeness (QED) is 0.838. The Labute approximate surface area is 123 Å². The molecule has 5 nitrogen and oxygen atoms in total. The lowest BCUT2D eigenvalue weighted by molar-refractivity contribution is 0.0914. The smallest absolute Gasteiger partial charge is 0.267 e. The third kappa shape index (κ3) is 3.76. The molecular weight excluding hydrogens is 300 g/mol. The van der Waals surface area contributed by atoms with Crippen molar-refractivity contribution in [1.29, 1.82) is 0 Å².